The number of carbonyl (C=O) groups excluding carboxylic acids is 2. The number of carboxylic acid groups (broad SMARTS) is 2. The molecule has 0 saturated heterocycles. The lowest BCUT2D eigenvalue weighted by atomic mass is 10.7. The van der Waals surface area contributed by atoms with E-state index in [1.165, 1.54) is 0 Å². The summed E-state index contributed by atoms with van der Waals surface area (Å²) in [4.78, 5) is 26.1. The maximum Gasteiger partial charge on any atom is 0.0870 e. The van der Waals surface area contributed by atoms with Crippen molar-refractivity contribution in [1.29, 1.82) is 0 Å². The van der Waals surface area contributed by atoms with E-state index in [2.05, 4.69) is 0 Å². The lowest BCUT2D eigenvalue weighted by Crippen LogP contribution is -2.42. The Morgan fingerprint density at radius 2 is 0.923 bits per heavy atom. The Morgan fingerprint density at radius 1 is 0.846 bits per heavy atom. The fraction of sp³-hybridized carbons (Fsp3) is 0. The van der Waals surface area contributed by atoms with Crippen LogP contribution in [0.3, 0.4) is 0 Å². The standard InChI is InChI=1S/C2H2O4.NO3.3H3N/c3-1(4)2(5)6;2-1(3)4;;;/h(H,3,4)(H,5,6);;3*1H3/q;-1;;;/p+1. The minimum atomic E-state index is -2.19. The van der Waals surface area contributed by atoms with Crippen molar-refractivity contribution in [3.8, 4) is 0 Å². The minimum Gasteiger partial charge on any atom is -0.543 e. The third-order valence-corrected chi connectivity index (χ3v) is 0.167. The smallest absolute Gasteiger partial charge is 0.0870 e. The summed E-state index contributed by atoms with van der Waals surface area (Å²) >= 11 is 0. The van der Waals surface area contributed by atoms with E-state index in [1.807, 2.05) is 0 Å². The normalized spacial score (nSPS) is 5.23. The first-order chi connectivity index (χ1) is 4.37. The fourth-order valence-corrected chi connectivity index (χ4v) is 0. The number of aliphatic carboxylic acids is 2. The fourth-order valence-electron chi connectivity index (χ4n) is 0. The van der Waals surface area contributed by atoms with Crippen molar-refractivity contribution in [2.45, 2.75) is 0 Å². The van der Waals surface area contributed by atoms with Crippen molar-refractivity contribution in [1.82, 2.24) is 18.5 Å². The number of nitrogens with zero attached hydrogens (tertiary/aromatic N) is 1. The summed E-state index contributed by atoms with van der Waals surface area (Å²) < 4.78 is 0. The summed E-state index contributed by atoms with van der Waals surface area (Å²) in [6.07, 6.45) is 0. The van der Waals surface area contributed by atoms with Crippen LogP contribution in [0.2, 0.25) is 0 Å². The predicted octanol–water partition coefficient (Wildman–Crippen LogP) is -2.62. The van der Waals surface area contributed by atoms with Gasteiger partial charge in [0.25, 0.3) is 0 Å². The summed E-state index contributed by atoms with van der Waals surface area (Å²) in [5.41, 5.74) is 0. The minimum absolute atomic E-state index is 0. The van der Waals surface area contributed by atoms with Crippen LogP contribution in [-0.4, -0.2) is 17.0 Å². The van der Waals surface area contributed by atoms with E-state index in [9.17, 15) is 0 Å². The molecule has 0 aliphatic carbocycles. The zero-order chi connectivity index (χ0) is 8.73. The van der Waals surface area contributed by atoms with Crippen LogP contribution in [-0.2, 0) is 9.59 Å². The molecule has 82 valence electrons. The van der Waals surface area contributed by atoms with Crippen LogP contribution in [0.4, 0.5) is 0 Å². The van der Waals surface area contributed by atoms with E-state index in [1.54, 1.807) is 0 Å². The third-order valence-electron chi connectivity index (χ3n) is 0.167. The van der Waals surface area contributed by atoms with E-state index in [0.717, 1.165) is 0 Å². The van der Waals surface area contributed by atoms with Crippen LogP contribution in [0.1, 0.15) is 0 Å². The predicted molar refractivity (Wildman–Crippen MR) is 38.3 cm³/mol. The molecule has 0 aromatic heterocycles. The van der Waals surface area contributed by atoms with Crippen molar-refractivity contribution in [3.05, 3.63) is 15.3 Å². The molecule has 0 radical (unpaired) electrons. The molecule has 0 aromatic carbocycles. The second kappa shape index (κ2) is 16.5. The van der Waals surface area contributed by atoms with Gasteiger partial charge in [-0.05, 0) is 0 Å². The highest BCUT2D eigenvalue weighted by molar-refractivity contribution is 6.25. The Labute approximate surface area is 71.8 Å². The Balaban J connectivity index is -0.0000000279. The molecule has 0 spiro atoms. The highest BCUT2D eigenvalue weighted by atomic mass is 16.9. The van der Waals surface area contributed by atoms with Gasteiger partial charge in [0.15, 0.2) is 0 Å². The van der Waals surface area contributed by atoms with Crippen molar-refractivity contribution in [2.24, 2.45) is 0 Å². The van der Waals surface area contributed by atoms with E-state index >= 15 is 0 Å². The topological polar surface area (TPSA) is 256 Å². The van der Waals surface area contributed by atoms with Gasteiger partial charge in [-0.1, -0.05) is 0 Å². The van der Waals surface area contributed by atoms with Gasteiger partial charge in [0.2, 0.25) is 0 Å². The largest absolute Gasteiger partial charge is 0.543 e. The molecule has 0 rings (SSSR count). The number of hydrogen-bond donors (Lipinski definition) is 3. The Hall–Kier alpha value is -1.98. The first-order valence-corrected chi connectivity index (χ1v) is 1.61. The summed E-state index contributed by atoms with van der Waals surface area (Å²) in [5.74, 6) is -4.37. The average Bonchev–Trinajstić information content (AvgIpc) is 1.63. The van der Waals surface area contributed by atoms with Crippen LogP contribution in [0.5, 0.6) is 0 Å². The lowest BCUT2D eigenvalue weighted by Gasteiger charge is -1.97. The van der Waals surface area contributed by atoms with Crippen LogP contribution >= 0.6 is 0 Å². The summed E-state index contributed by atoms with van der Waals surface area (Å²) in [6, 6.07) is 0. The second-order valence-electron chi connectivity index (χ2n) is 0.799. The van der Waals surface area contributed by atoms with Gasteiger partial charge >= 0.3 is 0 Å². The molecule has 0 heterocycles. The Bertz CT molecular complexity index is 141. The van der Waals surface area contributed by atoms with Crippen molar-refractivity contribution < 1.29 is 24.9 Å². The molecule has 11 nitrogen and oxygen atoms in total. The zero-order valence-electron chi connectivity index (χ0n) is 7.30. The SMILES string of the molecule is O=C([O-])C(=O)[O-].O=[N+]([O-])[O-].[NH4+].[NH4+].[NH4+]. The van der Waals surface area contributed by atoms with E-state index in [-0.39, 0.29) is 18.5 Å². The molecule has 0 unspecified atom stereocenters. The van der Waals surface area contributed by atoms with E-state index in [4.69, 9.17) is 35.1 Å². The van der Waals surface area contributed by atoms with Gasteiger partial charge < -0.3 is 53.6 Å². The summed E-state index contributed by atoms with van der Waals surface area (Å²) in [7, 11) is 0. The number of rotatable bonds is 0. The summed E-state index contributed by atoms with van der Waals surface area (Å²) in [6.45, 7) is 0. The van der Waals surface area contributed by atoms with Crippen LogP contribution in [0, 0.1) is 15.3 Å². The first-order valence-electron chi connectivity index (χ1n) is 1.61. The number of carbonyl (C=O) groups is 2. The van der Waals surface area contributed by atoms with Crippen LogP contribution in [0.15, 0.2) is 0 Å². The zero-order valence-corrected chi connectivity index (χ0v) is 7.30. The molecule has 0 aliphatic rings. The number of quaternary nitrogens is 3. The molecule has 12 N–H and O–H groups in total. The van der Waals surface area contributed by atoms with Gasteiger partial charge in [0.05, 0.1) is 17.0 Å². The average molecular weight is 204 g/mol. The quantitative estimate of drug-likeness (QED) is 0.214. The van der Waals surface area contributed by atoms with Gasteiger partial charge in [-0.2, -0.15) is 0 Å². The molecule has 0 amide bonds. The molecular formula is C2H12N4O7. The van der Waals surface area contributed by atoms with E-state index in [0.29, 0.717) is 0 Å². The highest BCUT2D eigenvalue weighted by Crippen LogP contribution is 1.44. The molecule has 0 aromatic rings. The number of carboxylic acids is 2. The molecule has 0 atom stereocenters. The molecule has 0 bridgehead atoms. The summed E-state index contributed by atoms with van der Waals surface area (Å²) in [5, 5.41) is 32.6. The van der Waals surface area contributed by atoms with Crippen molar-refractivity contribution in [3.63, 3.8) is 0 Å². The molecule has 0 fully saturated rings. The van der Waals surface area contributed by atoms with Gasteiger partial charge in [0.1, 0.15) is 0 Å². The van der Waals surface area contributed by atoms with Gasteiger partial charge in [-0.25, -0.2) is 0 Å². The van der Waals surface area contributed by atoms with Crippen molar-refractivity contribution >= 4 is 11.9 Å². The van der Waals surface area contributed by atoms with Gasteiger partial charge in [0, 0.05) is 0 Å². The molecule has 0 aliphatic heterocycles. The highest BCUT2D eigenvalue weighted by Gasteiger charge is 1.74. The monoisotopic (exact) mass is 204 g/mol. The number of hydrogen-bond acceptors (Lipinski definition) is 7. The van der Waals surface area contributed by atoms with Gasteiger partial charge in [-0.15, -0.1) is 0 Å². The van der Waals surface area contributed by atoms with Crippen molar-refractivity contribution in [2.75, 3.05) is 0 Å². The molecular weight excluding hydrogens is 192 g/mol. The third kappa shape index (κ3) is 158. The van der Waals surface area contributed by atoms with Gasteiger partial charge in [-0.3, -0.25) is 0 Å². The van der Waals surface area contributed by atoms with E-state index < -0.39 is 17.0 Å². The molecule has 0 saturated carbocycles. The van der Waals surface area contributed by atoms with Crippen LogP contribution < -0.4 is 28.7 Å². The Morgan fingerprint density at radius 3 is 0.923 bits per heavy atom. The Kier molecular flexibility index (Phi) is 38.8. The molecule has 13 heavy (non-hydrogen) atoms. The first kappa shape index (κ1) is 30.5. The van der Waals surface area contributed by atoms with Crippen LogP contribution in [0.25, 0.3) is 0 Å². The lowest BCUT2D eigenvalue weighted by molar-refractivity contribution is -0.402. The maximum absolute atomic E-state index is 8.93. The molecule has 11 heteroatoms. The second-order valence-corrected chi connectivity index (χ2v) is 0.799. The maximum atomic E-state index is 8.93.